The number of aromatic nitrogens is 2. The van der Waals surface area contributed by atoms with Gasteiger partial charge in [-0.25, -0.2) is 9.59 Å². The third kappa shape index (κ3) is 5.41. The molecular weight excluding hydrogens is 499 g/mol. The van der Waals surface area contributed by atoms with Crippen LogP contribution in [0.2, 0.25) is 0 Å². The molecule has 4 aromatic rings. The van der Waals surface area contributed by atoms with Gasteiger partial charge in [0.25, 0.3) is 0 Å². The quantitative estimate of drug-likeness (QED) is 0.393. The first-order valence-electron chi connectivity index (χ1n) is 11.9. The number of urea groups is 1. The Morgan fingerprint density at radius 3 is 2.66 bits per heavy atom. The first-order valence-corrected chi connectivity index (χ1v) is 11.9. The fourth-order valence-electron chi connectivity index (χ4n) is 4.67. The molecule has 196 valence electrons. The second-order valence-electron chi connectivity index (χ2n) is 9.05. The van der Waals surface area contributed by atoms with E-state index in [1.807, 2.05) is 29.2 Å². The van der Waals surface area contributed by atoms with Crippen LogP contribution >= 0.6 is 0 Å². The number of nitrogens with zero attached hydrogens (tertiary/aromatic N) is 3. The monoisotopic (exact) mass is 523 g/mol. The SMILES string of the molecule is CC(=O)On1ncc2c(NC(=O)NC3Cc4ccccc4N(Cc4cccc(C(F)(F)F)c4)C3)cccc21. The number of alkyl halides is 3. The van der Waals surface area contributed by atoms with Crippen molar-refractivity contribution in [3.8, 4) is 0 Å². The molecule has 0 bridgehead atoms. The number of benzene rings is 3. The number of hydrogen-bond acceptors (Lipinski definition) is 5. The standard InChI is InChI=1S/C27H24F3N5O3/c1-17(36)38-35-25-11-5-9-23(22(25)14-31-35)33-26(37)32-21-13-19-7-2-3-10-24(19)34(16-21)15-18-6-4-8-20(12-18)27(28,29)30/h2-12,14,21H,13,15-16H2,1H3,(H2,32,33,37). The Balaban J connectivity index is 1.32. The number of fused-ring (bicyclic) bond motifs is 2. The molecule has 3 aromatic carbocycles. The van der Waals surface area contributed by atoms with E-state index in [-0.39, 0.29) is 12.6 Å². The second kappa shape index (κ2) is 10.1. The number of anilines is 2. The Labute approximate surface area is 215 Å². The largest absolute Gasteiger partial charge is 0.416 e. The third-order valence-corrected chi connectivity index (χ3v) is 6.25. The van der Waals surface area contributed by atoms with Gasteiger partial charge in [0.1, 0.15) is 5.52 Å². The Morgan fingerprint density at radius 1 is 1.08 bits per heavy atom. The average Bonchev–Trinajstić information content (AvgIpc) is 3.27. The number of nitrogens with one attached hydrogen (secondary N) is 2. The number of carbonyl (C=O) groups is 2. The molecule has 2 N–H and O–H groups in total. The Morgan fingerprint density at radius 2 is 1.87 bits per heavy atom. The number of amides is 2. The summed E-state index contributed by atoms with van der Waals surface area (Å²) in [7, 11) is 0. The molecular formula is C27H24F3N5O3. The number of hydrogen-bond donors (Lipinski definition) is 2. The van der Waals surface area contributed by atoms with Crippen LogP contribution in [0.15, 0.2) is 72.9 Å². The van der Waals surface area contributed by atoms with Gasteiger partial charge in [0.2, 0.25) is 0 Å². The maximum atomic E-state index is 13.2. The minimum atomic E-state index is -4.42. The molecule has 8 nitrogen and oxygen atoms in total. The first-order chi connectivity index (χ1) is 18.2. The number of halogens is 3. The lowest BCUT2D eigenvalue weighted by atomic mass is 9.97. The summed E-state index contributed by atoms with van der Waals surface area (Å²) < 4.78 is 39.7. The summed E-state index contributed by atoms with van der Waals surface area (Å²) in [5.41, 5.74) is 2.73. The van der Waals surface area contributed by atoms with Crippen molar-refractivity contribution in [2.24, 2.45) is 0 Å². The van der Waals surface area contributed by atoms with Crippen molar-refractivity contribution in [3.63, 3.8) is 0 Å². The number of rotatable bonds is 5. The summed E-state index contributed by atoms with van der Waals surface area (Å²) >= 11 is 0. The van der Waals surface area contributed by atoms with Crippen LogP contribution in [-0.4, -0.2) is 34.5 Å². The van der Waals surface area contributed by atoms with E-state index in [1.54, 1.807) is 24.3 Å². The van der Waals surface area contributed by atoms with E-state index in [4.69, 9.17) is 4.84 Å². The zero-order chi connectivity index (χ0) is 26.9. The van der Waals surface area contributed by atoms with Crippen LogP contribution in [0.25, 0.3) is 10.9 Å². The molecule has 0 saturated heterocycles. The van der Waals surface area contributed by atoms with E-state index in [9.17, 15) is 22.8 Å². The van der Waals surface area contributed by atoms with Crippen LogP contribution in [0.1, 0.15) is 23.6 Å². The topological polar surface area (TPSA) is 88.5 Å². The molecule has 2 amide bonds. The van der Waals surface area contributed by atoms with Crippen molar-refractivity contribution in [2.75, 3.05) is 16.8 Å². The van der Waals surface area contributed by atoms with E-state index in [2.05, 4.69) is 15.7 Å². The maximum absolute atomic E-state index is 13.2. The molecule has 5 rings (SSSR count). The summed E-state index contributed by atoms with van der Waals surface area (Å²) in [6.45, 7) is 1.94. The minimum Gasteiger partial charge on any atom is -0.365 e. The highest BCUT2D eigenvalue weighted by atomic mass is 19.4. The molecule has 38 heavy (non-hydrogen) atoms. The summed E-state index contributed by atoms with van der Waals surface area (Å²) in [5.74, 6) is -0.529. The summed E-state index contributed by atoms with van der Waals surface area (Å²) in [4.78, 5) is 32.4. The van der Waals surface area contributed by atoms with Crippen LogP contribution in [0.5, 0.6) is 0 Å². The Hall–Kier alpha value is -4.54. The van der Waals surface area contributed by atoms with Crippen molar-refractivity contribution in [1.29, 1.82) is 0 Å². The predicted octanol–water partition coefficient (Wildman–Crippen LogP) is 4.78. The van der Waals surface area contributed by atoms with Gasteiger partial charge in [0.05, 0.1) is 23.5 Å². The fourth-order valence-corrected chi connectivity index (χ4v) is 4.67. The number of carbonyl (C=O) groups excluding carboxylic acids is 2. The summed E-state index contributed by atoms with van der Waals surface area (Å²) in [6, 6.07) is 17.3. The van der Waals surface area contributed by atoms with Crippen LogP contribution in [0.4, 0.5) is 29.3 Å². The van der Waals surface area contributed by atoms with Gasteiger partial charge in [0, 0.05) is 31.1 Å². The van der Waals surface area contributed by atoms with Crippen molar-refractivity contribution in [3.05, 3.63) is 89.6 Å². The Bertz CT molecular complexity index is 1500. The van der Waals surface area contributed by atoms with Crippen LogP contribution < -0.4 is 20.4 Å². The molecule has 1 aliphatic rings. The molecule has 1 aliphatic heterocycles. The van der Waals surface area contributed by atoms with Crippen molar-refractivity contribution in [2.45, 2.75) is 32.1 Å². The molecule has 1 aromatic heterocycles. The van der Waals surface area contributed by atoms with Gasteiger partial charge in [-0.2, -0.15) is 13.2 Å². The predicted molar refractivity (Wildman–Crippen MR) is 136 cm³/mol. The molecule has 0 radical (unpaired) electrons. The molecule has 2 heterocycles. The van der Waals surface area contributed by atoms with E-state index >= 15 is 0 Å². The van der Waals surface area contributed by atoms with Crippen molar-refractivity contribution < 1.29 is 27.6 Å². The van der Waals surface area contributed by atoms with Crippen molar-refractivity contribution >= 4 is 34.3 Å². The lowest BCUT2D eigenvalue weighted by molar-refractivity contribution is -0.142. The maximum Gasteiger partial charge on any atom is 0.416 e. The van der Waals surface area contributed by atoms with E-state index in [1.165, 1.54) is 19.2 Å². The van der Waals surface area contributed by atoms with Gasteiger partial charge in [-0.1, -0.05) is 41.2 Å². The van der Waals surface area contributed by atoms with E-state index in [0.717, 1.165) is 28.2 Å². The van der Waals surface area contributed by atoms with Crippen molar-refractivity contribution in [1.82, 2.24) is 15.3 Å². The van der Waals surface area contributed by atoms with Gasteiger partial charge in [-0.05, 0) is 47.9 Å². The lowest BCUT2D eigenvalue weighted by Gasteiger charge is -2.36. The van der Waals surface area contributed by atoms with Crippen LogP contribution in [0, 0.1) is 0 Å². The van der Waals surface area contributed by atoms with Gasteiger partial charge >= 0.3 is 18.2 Å². The fraction of sp³-hybridized carbons (Fsp3) is 0.222. The van der Waals surface area contributed by atoms with E-state index < -0.39 is 23.7 Å². The molecule has 0 aliphatic carbocycles. The molecule has 0 saturated carbocycles. The highest BCUT2D eigenvalue weighted by molar-refractivity contribution is 6.00. The number of para-hydroxylation sites is 1. The zero-order valence-corrected chi connectivity index (χ0v) is 20.3. The smallest absolute Gasteiger partial charge is 0.365 e. The van der Waals surface area contributed by atoms with Crippen LogP contribution in [-0.2, 0) is 23.9 Å². The van der Waals surface area contributed by atoms with Gasteiger partial charge < -0.3 is 20.4 Å². The third-order valence-electron chi connectivity index (χ3n) is 6.25. The highest BCUT2D eigenvalue weighted by Gasteiger charge is 2.31. The molecule has 11 heteroatoms. The average molecular weight is 524 g/mol. The summed E-state index contributed by atoms with van der Waals surface area (Å²) in [6.07, 6.45) is -2.37. The molecule has 1 atom stereocenters. The van der Waals surface area contributed by atoms with Gasteiger partial charge in [-0.15, -0.1) is 5.10 Å². The lowest BCUT2D eigenvalue weighted by Crippen LogP contribution is -2.49. The summed E-state index contributed by atoms with van der Waals surface area (Å²) in [5, 5.41) is 10.4. The molecule has 0 spiro atoms. The molecule has 1 unspecified atom stereocenters. The first kappa shape index (κ1) is 25.1. The van der Waals surface area contributed by atoms with Crippen LogP contribution in [0.3, 0.4) is 0 Å². The highest BCUT2D eigenvalue weighted by Crippen LogP contribution is 2.32. The normalized spacial score (nSPS) is 15.2. The zero-order valence-electron chi connectivity index (χ0n) is 20.3. The van der Waals surface area contributed by atoms with E-state index in [0.29, 0.717) is 35.1 Å². The molecule has 0 fully saturated rings. The minimum absolute atomic E-state index is 0.259. The van der Waals surface area contributed by atoms with Gasteiger partial charge in [0.15, 0.2) is 0 Å². The Kier molecular flexibility index (Phi) is 6.66. The van der Waals surface area contributed by atoms with Gasteiger partial charge in [-0.3, -0.25) is 0 Å². The second-order valence-corrected chi connectivity index (χ2v) is 9.05.